The average Bonchev–Trinajstić information content (AvgIpc) is 2.48. The van der Waals surface area contributed by atoms with Crippen molar-refractivity contribution in [3.63, 3.8) is 0 Å². The number of likely N-dealkylation sites (tertiary alicyclic amines) is 1. The second-order valence-corrected chi connectivity index (χ2v) is 5.87. The predicted molar refractivity (Wildman–Crippen MR) is 84.0 cm³/mol. The molecule has 0 aliphatic carbocycles. The van der Waals surface area contributed by atoms with E-state index in [1.807, 2.05) is 24.9 Å². The number of rotatable bonds is 3. The van der Waals surface area contributed by atoms with Crippen LogP contribution in [0.1, 0.15) is 24.1 Å². The summed E-state index contributed by atoms with van der Waals surface area (Å²) in [5.74, 6) is 0.250. The first-order valence-electron chi connectivity index (χ1n) is 7.45. The minimum absolute atomic E-state index is 0.250. The van der Waals surface area contributed by atoms with Crippen molar-refractivity contribution in [3.05, 3.63) is 41.6 Å². The van der Waals surface area contributed by atoms with Gasteiger partial charge in [0.2, 0.25) is 5.91 Å². The third-order valence-corrected chi connectivity index (χ3v) is 4.11. The minimum atomic E-state index is 0.250. The molecule has 21 heavy (non-hydrogen) atoms. The highest BCUT2D eigenvalue weighted by molar-refractivity contribution is 5.79. The topological polar surface area (TPSA) is 45.2 Å². The molecule has 1 N–H and O–H groups in total. The van der Waals surface area contributed by atoms with E-state index in [0.717, 1.165) is 30.7 Å². The number of aromatic nitrogens is 1. The molecule has 1 atom stereocenters. The lowest BCUT2D eigenvalue weighted by atomic mass is 10.0. The van der Waals surface area contributed by atoms with Gasteiger partial charge in [-0.1, -0.05) is 12.1 Å². The molecule has 2 aromatic rings. The molecule has 1 saturated heterocycles. The number of fused-ring (bicyclic) bond motifs is 1. The van der Waals surface area contributed by atoms with Crippen LogP contribution in [-0.4, -0.2) is 35.4 Å². The lowest BCUT2D eigenvalue weighted by Crippen LogP contribution is -2.46. The van der Waals surface area contributed by atoms with E-state index in [-0.39, 0.29) is 5.91 Å². The summed E-state index contributed by atoms with van der Waals surface area (Å²) in [6.45, 7) is 3.64. The predicted octanol–water partition coefficient (Wildman–Crippen LogP) is 2.25. The third-order valence-electron chi connectivity index (χ3n) is 4.11. The summed E-state index contributed by atoms with van der Waals surface area (Å²) >= 11 is 0. The maximum absolute atomic E-state index is 11.5. The van der Waals surface area contributed by atoms with Gasteiger partial charge in [-0.2, -0.15) is 0 Å². The second-order valence-electron chi connectivity index (χ2n) is 5.87. The summed E-state index contributed by atoms with van der Waals surface area (Å²) in [4.78, 5) is 17.8. The summed E-state index contributed by atoms with van der Waals surface area (Å²) in [6, 6.07) is 10.9. The van der Waals surface area contributed by atoms with Gasteiger partial charge in [0.15, 0.2) is 0 Å². The van der Waals surface area contributed by atoms with Gasteiger partial charge in [0.1, 0.15) is 0 Å². The van der Waals surface area contributed by atoms with Crippen LogP contribution in [0.2, 0.25) is 0 Å². The van der Waals surface area contributed by atoms with E-state index in [4.69, 9.17) is 0 Å². The summed E-state index contributed by atoms with van der Waals surface area (Å²) in [5, 5.41) is 4.73. The number of carbonyl (C=O) groups excluding carboxylic acids is 1. The fraction of sp³-hybridized carbons (Fsp3) is 0.412. The van der Waals surface area contributed by atoms with Gasteiger partial charge in [-0.25, -0.2) is 0 Å². The molecule has 0 radical (unpaired) electrons. The highest BCUT2D eigenvalue weighted by Gasteiger charge is 2.22. The van der Waals surface area contributed by atoms with Crippen LogP contribution in [0.3, 0.4) is 0 Å². The number of nitrogens with one attached hydrogen (secondary N) is 1. The Hall–Kier alpha value is -1.94. The van der Waals surface area contributed by atoms with Gasteiger partial charge in [0.25, 0.3) is 0 Å². The third kappa shape index (κ3) is 3.22. The molecule has 1 aromatic heterocycles. The van der Waals surface area contributed by atoms with Crippen molar-refractivity contribution in [1.82, 2.24) is 15.2 Å². The molecule has 1 aliphatic rings. The number of amides is 1. The molecule has 3 rings (SSSR count). The van der Waals surface area contributed by atoms with E-state index in [1.54, 1.807) is 0 Å². The minimum Gasteiger partial charge on any atom is -0.344 e. The van der Waals surface area contributed by atoms with Crippen LogP contribution in [-0.2, 0) is 11.3 Å². The summed E-state index contributed by atoms with van der Waals surface area (Å²) < 4.78 is 0. The van der Waals surface area contributed by atoms with E-state index >= 15 is 0 Å². The van der Waals surface area contributed by atoms with Gasteiger partial charge in [-0.15, -0.1) is 0 Å². The molecular weight excluding hydrogens is 262 g/mol. The van der Waals surface area contributed by atoms with Gasteiger partial charge < -0.3 is 10.2 Å². The highest BCUT2D eigenvalue weighted by Crippen LogP contribution is 2.16. The van der Waals surface area contributed by atoms with Crippen molar-refractivity contribution >= 4 is 16.8 Å². The lowest BCUT2D eigenvalue weighted by Gasteiger charge is -2.30. The normalized spacial score (nSPS) is 19.2. The summed E-state index contributed by atoms with van der Waals surface area (Å²) in [7, 11) is 1.88. The molecule has 0 spiro atoms. The van der Waals surface area contributed by atoms with Crippen molar-refractivity contribution < 1.29 is 4.79 Å². The highest BCUT2D eigenvalue weighted by atomic mass is 16.2. The first-order chi connectivity index (χ1) is 10.1. The Morgan fingerprint density at radius 2 is 2.19 bits per heavy atom. The fourth-order valence-electron chi connectivity index (χ4n) is 2.83. The van der Waals surface area contributed by atoms with Crippen molar-refractivity contribution in [2.45, 2.75) is 32.4 Å². The van der Waals surface area contributed by atoms with Crippen LogP contribution >= 0.6 is 0 Å². The number of aryl methyl sites for hydroxylation is 1. The van der Waals surface area contributed by atoms with E-state index in [9.17, 15) is 4.79 Å². The molecule has 4 heteroatoms. The summed E-state index contributed by atoms with van der Waals surface area (Å²) in [6.07, 6.45) is 1.58. The number of nitrogens with zero attached hydrogens (tertiary/aromatic N) is 2. The van der Waals surface area contributed by atoms with Crippen LogP contribution < -0.4 is 5.32 Å². The molecule has 1 aromatic carbocycles. The number of benzene rings is 1. The van der Waals surface area contributed by atoms with Crippen LogP contribution in [0.25, 0.3) is 10.9 Å². The quantitative estimate of drug-likeness (QED) is 0.939. The van der Waals surface area contributed by atoms with Crippen molar-refractivity contribution in [2.75, 3.05) is 13.6 Å². The smallest absolute Gasteiger partial charge is 0.222 e. The molecular formula is C17H21N3O. The Morgan fingerprint density at radius 3 is 3.00 bits per heavy atom. The van der Waals surface area contributed by atoms with Crippen molar-refractivity contribution in [1.29, 1.82) is 0 Å². The molecule has 1 unspecified atom stereocenters. The molecule has 1 amide bonds. The zero-order valence-corrected chi connectivity index (χ0v) is 12.6. The zero-order chi connectivity index (χ0) is 14.8. The van der Waals surface area contributed by atoms with Crippen molar-refractivity contribution in [3.8, 4) is 0 Å². The fourth-order valence-corrected chi connectivity index (χ4v) is 2.83. The van der Waals surface area contributed by atoms with Crippen molar-refractivity contribution in [2.24, 2.45) is 0 Å². The van der Waals surface area contributed by atoms with E-state index < -0.39 is 0 Å². The molecule has 2 heterocycles. The molecule has 110 valence electrons. The number of pyridine rings is 1. The second kappa shape index (κ2) is 5.82. The molecule has 0 bridgehead atoms. The van der Waals surface area contributed by atoms with E-state index in [0.29, 0.717) is 12.5 Å². The number of likely N-dealkylation sites (N-methyl/N-ethyl adjacent to an activating group) is 1. The van der Waals surface area contributed by atoms with E-state index in [2.05, 4.69) is 34.6 Å². The number of carbonyl (C=O) groups is 1. The Kier molecular flexibility index (Phi) is 3.88. The van der Waals surface area contributed by atoms with Crippen LogP contribution in [0, 0.1) is 6.92 Å². The maximum atomic E-state index is 11.5. The molecule has 4 nitrogen and oxygen atoms in total. The van der Waals surface area contributed by atoms with Gasteiger partial charge in [-0.05, 0) is 37.1 Å². The molecule has 1 aliphatic heterocycles. The van der Waals surface area contributed by atoms with Gasteiger partial charge >= 0.3 is 0 Å². The van der Waals surface area contributed by atoms with Gasteiger partial charge in [-0.3, -0.25) is 9.78 Å². The zero-order valence-electron chi connectivity index (χ0n) is 12.6. The number of piperidine rings is 1. The van der Waals surface area contributed by atoms with E-state index in [1.165, 1.54) is 10.9 Å². The standard InChI is InChI=1S/C17H21N3O/c1-12-3-5-14-9-13(4-7-16(14)19-12)10-18-15-6-8-17(21)20(2)11-15/h3-5,7,9,15,18H,6,8,10-11H2,1-2H3. The number of hydrogen-bond acceptors (Lipinski definition) is 3. The summed E-state index contributed by atoms with van der Waals surface area (Å²) in [5.41, 5.74) is 3.35. The lowest BCUT2D eigenvalue weighted by molar-refractivity contribution is -0.132. The first kappa shape index (κ1) is 14.0. The number of hydrogen-bond donors (Lipinski definition) is 1. The Labute approximate surface area is 125 Å². The molecule has 0 saturated carbocycles. The Balaban J connectivity index is 1.65. The van der Waals surface area contributed by atoms with Gasteiger partial charge in [0, 0.05) is 43.7 Å². The molecule has 1 fully saturated rings. The van der Waals surface area contributed by atoms with Crippen LogP contribution in [0.15, 0.2) is 30.3 Å². The van der Waals surface area contributed by atoms with Gasteiger partial charge in [0.05, 0.1) is 5.52 Å². The van der Waals surface area contributed by atoms with Crippen LogP contribution in [0.5, 0.6) is 0 Å². The monoisotopic (exact) mass is 283 g/mol. The Morgan fingerprint density at radius 1 is 1.33 bits per heavy atom. The maximum Gasteiger partial charge on any atom is 0.222 e. The SMILES string of the molecule is Cc1ccc2cc(CNC3CCC(=O)N(C)C3)ccc2n1. The van der Waals surface area contributed by atoms with Crippen LogP contribution in [0.4, 0.5) is 0 Å². The first-order valence-corrected chi connectivity index (χ1v) is 7.45. The largest absolute Gasteiger partial charge is 0.344 e. The average molecular weight is 283 g/mol. The Bertz CT molecular complexity index is 668.